The maximum atomic E-state index is 5.58. The standard InChI is InChI=1S/C14H27N5O2/c1-6-8-15-12-17-13(16-11(7-2)9-20-5)19-14(18-12)21-10(3)4/h10-11H,6-9H2,1-5H3,(H2,15,16,17,18,19). The lowest BCUT2D eigenvalue weighted by molar-refractivity contribution is 0.184. The molecule has 0 fully saturated rings. The van der Waals surface area contributed by atoms with E-state index in [1.807, 2.05) is 13.8 Å². The fourth-order valence-electron chi connectivity index (χ4n) is 1.65. The Bertz CT molecular complexity index is 414. The monoisotopic (exact) mass is 297 g/mol. The van der Waals surface area contributed by atoms with Crippen LogP contribution in [0.15, 0.2) is 0 Å². The van der Waals surface area contributed by atoms with Crippen molar-refractivity contribution in [1.82, 2.24) is 15.0 Å². The minimum Gasteiger partial charge on any atom is -0.461 e. The van der Waals surface area contributed by atoms with Gasteiger partial charge in [-0.15, -0.1) is 0 Å². The van der Waals surface area contributed by atoms with Crippen molar-refractivity contribution < 1.29 is 9.47 Å². The van der Waals surface area contributed by atoms with Gasteiger partial charge < -0.3 is 20.1 Å². The van der Waals surface area contributed by atoms with Crippen molar-refractivity contribution >= 4 is 11.9 Å². The van der Waals surface area contributed by atoms with E-state index in [0.717, 1.165) is 19.4 Å². The minimum absolute atomic E-state index is 0.0141. The third-order valence-electron chi connectivity index (χ3n) is 2.68. The average molecular weight is 297 g/mol. The van der Waals surface area contributed by atoms with Gasteiger partial charge in [-0.2, -0.15) is 15.0 Å². The van der Waals surface area contributed by atoms with E-state index in [1.165, 1.54) is 0 Å². The number of methoxy groups -OCH3 is 1. The van der Waals surface area contributed by atoms with Gasteiger partial charge >= 0.3 is 6.01 Å². The van der Waals surface area contributed by atoms with E-state index in [1.54, 1.807) is 7.11 Å². The van der Waals surface area contributed by atoms with E-state index in [2.05, 4.69) is 39.4 Å². The Balaban J connectivity index is 2.88. The van der Waals surface area contributed by atoms with E-state index < -0.39 is 0 Å². The molecular formula is C14H27N5O2. The van der Waals surface area contributed by atoms with Crippen molar-refractivity contribution in [2.24, 2.45) is 0 Å². The molecule has 0 saturated carbocycles. The molecule has 0 aromatic carbocycles. The first-order chi connectivity index (χ1) is 10.1. The number of rotatable bonds is 10. The highest BCUT2D eigenvalue weighted by molar-refractivity contribution is 5.36. The Kier molecular flexibility index (Phi) is 7.74. The van der Waals surface area contributed by atoms with Crippen molar-refractivity contribution in [3.8, 4) is 6.01 Å². The fraction of sp³-hybridized carbons (Fsp3) is 0.786. The molecule has 0 amide bonds. The molecule has 21 heavy (non-hydrogen) atoms. The lowest BCUT2D eigenvalue weighted by Crippen LogP contribution is -2.26. The molecule has 7 heteroatoms. The number of anilines is 2. The predicted octanol–water partition coefficient (Wildman–Crippen LogP) is 2.32. The first-order valence-electron chi connectivity index (χ1n) is 7.51. The molecule has 1 heterocycles. The fourth-order valence-corrected chi connectivity index (χ4v) is 1.65. The summed E-state index contributed by atoms with van der Waals surface area (Å²) in [5.74, 6) is 1.03. The summed E-state index contributed by atoms with van der Waals surface area (Å²) >= 11 is 0. The first kappa shape index (κ1) is 17.4. The molecule has 1 unspecified atom stereocenters. The number of hydrogen-bond donors (Lipinski definition) is 2. The van der Waals surface area contributed by atoms with Gasteiger partial charge in [0.15, 0.2) is 0 Å². The van der Waals surface area contributed by atoms with Crippen LogP contribution in [0.4, 0.5) is 11.9 Å². The van der Waals surface area contributed by atoms with Crippen molar-refractivity contribution in [2.75, 3.05) is 30.9 Å². The zero-order valence-electron chi connectivity index (χ0n) is 13.6. The Hall–Kier alpha value is -1.63. The van der Waals surface area contributed by atoms with Crippen molar-refractivity contribution in [3.63, 3.8) is 0 Å². The lowest BCUT2D eigenvalue weighted by atomic mass is 10.2. The maximum absolute atomic E-state index is 5.58. The summed E-state index contributed by atoms with van der Waals surface area (Å²) in [4.78, 5) is 12.9. The molecular weight excluding hydrogens is 270 g/mol. The third kappa shape index (κ3) is 6.57. The Morgan fingerprint density at radius 3 is 2.38 bits per heavy atom. The van der Waals surface area contributed by atoms with Crippen LogP contribution < -0.4 is 15.4 Å². The van der Waals surface area contributed by atoms with Crippen molar-refractivity contribution in [2.45, 2.75) is 52.7 Å². The zero-order valence-corrected chi connectivity index (χ0v) is 13.6. The number of ether oxygens (including phenoxy) is 2. The van der Waals surface area contributed by atoms with Crippen LogP contribution in [0.5, 0.6) is 6.01 Å². The van der Waals surface area contributed by atoms with Gasteiger partial charge in [0.2, 0.25) is 11.9 Å². The SMILES string of the molecule is CCCNc1nc(NC(CC)COC)nc(OC(C)C)n1. The van der Waals surface area contributed by atoms with E-state index in [0.29, 0.717) is 24.5 Å². The second-order valence-electron chi connectivity index (χ2n) is 5.06. The molecule has 0 saturated heterocycles. The quantitative estimate of drug-likeness (QED) is 0.686. The largest absolute Gasteiger partial charge is 0.461 e. The van der Waals surface area contributed by atoms with E-state index in [4.69, 9.17) is 9.47 Å². The van der Waals surface area contributed by atoms with Gasteiger partial charge in [0.05, 0.1) is 18.8 Å². The Morgan fingerprint density at radius 2 is 1.81 bits per heavy atom. The van der Waals surface area contributed by atoms with Crippen LogP contribution >= 0.6 is 0 Å². The summed E-state index contributed by atoms with van der Waals surface area (Å²) in [7, 11) is 1.68. The van der Waals surface area contributed by atoms with Crippen LogP contribution in [-0.2, 0) is 4.74 Å². The molecule has 7 nitrogen and oxygen atoms in total. The molecule has 1 rings (SSSR count). The van der Waals surface area contributed by atoms with Crippen LogP contribution in [0.3, 0.4) is 0 Å². The van der Waals surface area contributed by atoms with E-state index >= 15 is 0 Å². The van der Waals surface area contributed by atoms with Gasteiger partial charge in [0, 0.05) is 13.7 Å². The van der Waals surface area contributed by atoms with Gasteiger partial charge in [0.1, 0.15) is 0 Å². The molecule has 2 N–H and O–H groups in total. The highest BCUT2D eigenvalue weighted by atomic mass is 16.5. The second kappa shape index (κ2) is 9.33. The molecule has 1 atom stereocenters. The molecule has 1 aromatic rings. The first-order valence-corrected chi connectivity index (χ1v) is 7.51. The summed E-state index contributed by atoms with van der Waals surface area (Å²) in [5, 5.41) is 6.41. The predicted molar refractivity (Wildman–Crippen MR) is 83.9 cm³/mol. The lowest BCUT2D eigenvalue weighted by Gasteiger charge is -2.17. The molecule has 1 aromatic heterocycles. The zero-order chi connectivity index (χ0) is 15.7. The normalized spacial score (nSPS) is 12.3. The average Bonchev–Trinajstić information content (AvgIpc) is 2.43. The smallest absolute Gasteiger partial charge is 0.323 e. The number of nitrogens with zero attached hydrogens (tertiary/aromatic N) is 3. The maximum Gasteiger partial charge on any atom is 0.323 e. The van der Waals surface area contributed by atoms with E-state index in [-0.39, 0.29) is 12.1 Å². The molecule has 0 aliphatic heterocycles. The molecule has 0 bridgehead atoms. The summed E-state index contributed by atoms with van der Waals surface area (Å²) in [5.41, 5.74) is 0. The van der Waals surface area contributed by atoms with Crippen LogP contribution in [0.25, 0.3) is 0 Å². The molecule has 0 radical (unpaired) electrons. The topological polar surface area (TPSA) is 81.2 Å². The van der Waals surface area contributed by atoms with Gasteiger partial charge in [-0.1, -0.05) is 13.8 Å². The van der Waals surface area contributed by atoms with Crippen molar-refractivity contribution in [1.29, 1.82) is 0 Å². The summed E-state index contributed by atoms with van der Waals surface area (Å²) in [6, 6.07) is 0.483. The molecule has 120 valence electrons. The van der Waals surface area contributed by atoms with Crippen molar-refractivity contribution in [3.05, 3.63) is 0 Å². The highest BCUT2D eigenvalue weighted by Crippen LogP contribution is 2.14. The minimum atomic E-state index is 0.0141. The number of hydrogen-bond acceptors (Lipinski definition) is 7. The summed E-state index contributed by atoms with van der Waals surface area (Å²) in [6.45, 7) is 9.45. The third-order valence-corrected chi connectivity index (χ3v) is 2.68. The van der Waals surface area contributed by atoms with Gasteiger partial charge in [-0.05, 0) is 26.7 Å². The summed E-state index contributed by atoms with van der Waals surface area (Å²) < 4.78 is 10.8. The number of aromatic nitrogens is 3. The van der Waals surface area contributed by atoms with Gasteiger partial charge in [0.25, 0.3) is 0 Å². The van der Waals surface area contributed by atoms with Crippen LogP contribution in [0.2, 0.25) is 0 Å². The molecule has 0 spiro atoms. The van der Waals surface area contributed by atoms with Gasteiger partial charge in [-0.3, -0.25) is 0 Å². The second-order valence-corrected chi connectivity index (χ2v) is 5.06. The van der Waals surface area contributed by atoms with Crippen LogP contribution in [0.1, 0.15) is 40.5 Å². The highest BCUT2D eigenvalue weighted by Gasteiger charge is 2.12. The Labute approximate surface area is 126 Å². The number of nitrogens with one attached hydrogen (secondary N) is 2. The summed E-state index contributed by atoms with van der Waals surface area (Å²) in [6.07, 6.45) is 1.92. The Morgan fingerprint density at radius 1 is 1.10 bits per heavy atom. The van der Waals surface area contributed by atoms with Gasteiger partial charge in [-0.25, -0.2) is 0 Å². The van der Waals surface area contributed by atoms with Crippen LogP contribution in [0, 0.1) is 0 Å². The molecule has 0 aliphatic rings. The van der Waals surface area contributed by atoms with Crippen LogP contribution in [-0.4, -0.2) is 47.4 Å². The molecule has 0 aliphatic carbocycles. The van der Waals surface area contributed by atoms with E-state index in [9.17, 15) is 0 Å².